The first-order valence-electron chi connectivity index (χ1n) is 8.19. The third-order valence-corrected chi connectivity index (χ3v) is 5.36. The molecule has 1 aliphatic carbocycles. The van der Waals surface area contributed by atoms with E-state index in [9.17, 15) is 4.79 Å². The lowest BCUT2D eigenvalue weighted by Crippen LogP contribution is -2.35. The van der Waals surface area contributed by atoms with E-state index in [1.54, 1.807) is 0 Å². The van der Waals surface area contributed by atoms with Gasteiger partial charge < -0.3 is 10.1 Å². The highest BCUT2D eigenvalue weighted by molar-refractivity contribution is 6.36. The molecule has 0 radical (unpaired) electrons. The van der Waals surface area contributed by atoms with E-state index < -0.39 is 0 Å². The summed E-state index contributed by atoms with van der Waals surface area (Å²) in [4.78, 5) is 17.6. The van der Waals surface area contributed by atoms with Crippen LogP contribution in [0.15, 0.2) is 41.1 Å². The maximum Gasteiger partial charge on any atom is 0.346 e. The molecule has 1 saturated heterocycles. The minimum Gasteiger partial charge on any atom is -0.379 e. The minimum atomic E-state index is -0.343. The van der Waals surface area contributed by atoms with Crippen molar-refractivity contribution in [3.63, 3.8) is 0 Å². The van der Waals surface area contributed by atoms with Crippen molar-refractivity contribution in [2.75, 3.05) is 26.3 Å². The molecule has 5 nitrogen and oxygen atoms in total. The number of amides is 2. The van der Waals surface area contributed by atoms with Gasteiger partial charge in [-0.25, -0.2) is 4.79 Å². The molecule has 0 saturated carbocycles. The lowest BCUT2D eigenvalue weighted by Gasteiger charge is -2.28. The topological polar surface area (TPSA) is 53.9 Å². The van der Waals surface area contributed by atoms with Crippen molar-refractivity contribution in [1.29, 1.82) is 0 Å². The molecular formula is C18H17Cl2N3O2. The third kappa shape index (κ3) is 3.37. The Balaban J connectivity index is 1.63. The van der Waals surface area contributed by atoms with Gasteiger partial charge >= 0.3 is 6.03 Å². The van der Waals surface area contributed by atoms with Gasteiger partial charge in [0.1, 0.15) is 0 Å². The van der Waals surface area contributed by atoms with Crippen molar-refractivity contribution in [3.05, 3.63) is 57.2 Å². The van der Waals surface area contributed by atoms with Crippen LogP contribution in [0, 0.1) is 0 Å². The van der Waals surface area contributed by atoms with E-state index in [0.29, 0.717) is 21.5 Å². The van der Waals surface area contributed by atoms with Crippen molar-refractivity contribution in [1.82, 2.24) is 10.2 Å². The largest absolute Gasteiger partial charge is 0.379 e. The van der Waals surface area contributed by atoms with Crippen molar-refractivity contribution in [2.45, 2.75) is 12.5 Å². The summed E-state index contributed by atoms with van der Waals surface area (Å²) in [5, 5.41) is 4.03. The smallest absolute Gasteiger partial charge is 0.346 e. The molecule has 0 spiro atoms. The van der Waals surface area contributed by atoms with Crippen molar-refractivity contribution < 1.29 is 9.53 Å². The Morgan fingerprint density at radius 1 is 1.28 bits per heavy atom. The summed E-state index contributed by atoms with van der Waals surface area (Å²) >= 11 is 13.2. The summed E-state index contributed by atoms with van der Waals surface area (Å²) in [5.41, 5.74) is 3.27. The monoisotopic (exact) mass is 377 g/mol. The standard InChI is InChI=1S/C18H17Cl2N3O2/c19-13-3-1-12(10-23-5-7-25-8-6-23)17(20)16(13)11-2-4-14-15(9-11)22-18(24)21-14/h1-4,9,11H,5-8,10H2,(H,22,24). The van der Waals surface area contributed by atoms with Gasteiger partial charge in [-0.1, -0.05) is 35.3 Å². The van der Waals surface area contributed by atoms with Crippen molar-refractivity contribution in [2.24, 2.45) is 4.99 Å². The number of nitrogens with zero attached hydrogens (tertiary/aromatic N) is 2. The second-order valence-electron chi connectivity index (χ2n) is 6.22. The SMILES string of the molecule is O=C1N=C2C=CC(c3c(Cl)ccc(CN4CCOCC4)c3Cl)C=C2N1. The Bertz CT molecular complexity index is 811. The molecule has 0 bridgehead atoms. The summed E-state index contributed by atoms with van der Waals surface area (Å²) in [6, 6.07) is 3.53. The number of allylic oxidation sites excluding steroid dienone is 3. The Morgan fingerprint density at radius 3 is 2.88 bits per heavy atom. The molecule has 1 aromatic rings. The fourth-order valence-corrected chi connectivity index (χ4v) is 3.97. The highest BCUT2D eigenvalue weighted by Gasteiger charge is 2.26. The number of hydrogen-bond donors (Lipinski definition) is 1. The number of rotatable bonds is 3. The molecule has 2 aliphatic heterocycles. The number of halogens is 2. The van der Waals surface area contributed by atoms with E-state index >= 15 is 0 Å². The molecule has 7 heteroatoms. The first-order valence-corrected chi connectivity index (χ1v) is 8.94. The molecule has 4 rings (SSSR count). The van der Waals surface area contributed by atoms with E-state index in [-0.39, 0.29) is 11.9 Å². The predicted octanol–water partition coefficient (Wildman–Crippen LogP) is 3.53. The van der Waals surface area contributed by atoms with Gasteiger partial charge in [0.25, 0.3) is 0 Å². The van der Waals surface area contributed by atoms with Crippen LogP contribution < -0.4 is 5.32 Å². The van der Waals surface area contributed by atoms with E-state index in [4.69, 9.17) is 27.9 Å². The highest BCUT2D eigenvalue weighted by Crippen LogP contribution is 2.38. The number of benzene rings is 1. The molecule has 2 heterocycles. The Labute approximate surface area is 156 Å². The normalized spacial score (nSPS) is 23.1. The number of aliphatic imine (C=N–C) groups is 1. The van der Waals surface area contributed by atoms with Gasteiger partial charge in [0.05, 0.1) is 29.6 Å². The van der Waals surface area contributed by atoms with E-state index in [1.807, 2.05) is 30.4 Å². The molecule has 130 valence electrons. The first kappa shape index (κ1) is 16.8. The zero-order chi connectivity index (χ0) is 17.4. The van der Waals surface area contributed by atoms with Crippen LogP contribution in [0.5, 0.6) is 0 Å². The van der Waals surface area contributed by atoms with Crippen LogP contribution in [-0.4, -0.2) is 42.9 Å². The molecule has 1 N–H and O–H groups in total. The molecule has 1 unspecified atom stereocenters. The van der Waals surface area contributed by atoms with Gasteiger partial charge in [-0.3, -0.25) is 4.90 Å². The lowest BCUT2D eigenvalue weighted by molar-refractivity contribution is 0.0342. The number of nitrogens with one attached hydrogen (secondary N) is 1. The van der Waals surface area contributed by atoms with Gasteiger partial charge in [-0.2, -0.15) is 4.99 Å². The maximum atomic E-state index is 11.4. The number of morpholine rings is 1. The summed E-state index contributed by atoms with van der Waals surface area (Å²) in [5.74, 6) is -0.100. The number of ether oxygens (including phenoxy) is 1. The van der Waals surface area contributed by atoms with Crippen LogP contribution in [0.4, 0.5) is 4.79 Å². The molecule has 1 fully saturated rings. The number of fused-ring (bicyclic) bond motifs is 1. The predicted molar refractivity (Wildman–Crippen MR) is 98.5 cm³/mol. The molecule has 0 aromatic heterocycles. The summed E-state index contributed by atoms with van der Waals surface area (Å²) in [6.45, 7) is 4.05. The first-order chi connectivity index (χ1) is 12.1. The van der Waals surface area contributed by atoms with Crippen LogP contribution >= 0.6 is 23.2 Å². The fraction of sp³-hybridized carbons (Fsp3) is 0.333. The number of urea groups is 1. The van der Waals surface area contributed by atoms with Crippen molar-refractivity contribution >= 4 is 34.9 Å². The molecule has 2 amide bonds. The Kier molecular flexibility index (Phi) is 4.65. The van der Waals surface area contributed by atoms with Gasteiger partial charge in [0.15, 0.2) is 0 Å². The zero-order valence-electron chi connectivity index (χ0n) is 13.5. The Hall–Kier alpha value is -1.66. The van der Waals surface area contributed by atoms with Crippen LogP contribution in [0.2, 0.25) is 10.0 Å². The molecule has 1 atom stereocenters. The zero-order valence-corrected chi connectivity index (χ0v) is 15.0. The van der Waals surface area contributed by atoms with E-state index in [1.165, 1.54) is 0 Å². The molecule has 25 heavy (non-hydrogen) atoms. The van der Waals surface area contributed by atoms with Gasteiger partial charge in [0, 0.05) is 36.1 Å². The average molecular weight is 378 g/mol. The summed E-state index contributed by atoms with van der Waals surface area (Å²) in [7, 11) is 0. The average Bonchev–Trinajstić information content (AvgIpc) is 2.98. The number of hydrogen-bond acceptors (Lipinski definition) is 3. The van der Waals surface area contributed by atoms with Crippen LogP contribution in [-0.2, 0) is 11.3 Å². The molecule has 1 aromatic carbocycles. The molecule has 3 aliphatic rings. The fourth-order valence-electron chi connectivity index (χ4n) is 3.28. The maximum absolute atomic E-state index is 11.4. The van der Waals surface area contributed by atoms with Crippen LogP contribution in [0.3, 0.4) is 0 Å². The highest BCUT2D eigenvalue weighted by atomic mass is 35.5. The minimum absolute atomic E-state index is 0.100. The van der Waals surface area contributed by atoms with Gasteiger partial charge in [-0.05, 0) is 23.8 Å². The Morgan fingerprint density at radius 2 is 2.08 bits per heavy atom. The summed E-state index contributed by atoms with van der Waals surface area (Å²) < 4.78 is 5.40. The number of carbonyl (C=O) groups is 1. The summed E-state index contributed by atoms with van der Waals surface area (Å²) in [6.07, 6.45) is 5.74. The second kappa shape index (κ2) is 6.92. The van der Waals surface area contributed by atoms with E-state index in [0.717, 1.165) is 44.0 Å². The third-order valence-electron chi connectivity index (χ3n) is 4.58. The van der Waals surface area contributed by atoms with Crippen LogP contribution in [0.1, 0.15) is 17.0 Å². The molecular weight excluding hydrogens is 361 g/mol. The van der Waals surface area contributed by atoms with E-state index in [2.05, 4.69) is 15.2 Å². The van der Waals surface area contributed by atoms with Gasteiger partial charge in [0.2, 0.25) is 0 Å². The van der Waals surface area contributed by atoms with Crippen LogP contribution in [0.25, 0.3) is 0 Å². The van der Waals surface area contributed by atoms with Crippen molar-refractivity contribution in [3.8, 4) is 0 Å². The second-order valence-corrected chi connectivity index (χ2v) is 7.00. The lowest BCUT2D eigenvalue weighted by atomic mass is 9.91. The van der Waals surface area contributed by atoms with Gasteiger partial charge in [-0.15, -0.1) is 0 Å². The number of carbonyl (C=O) groups excluding carboxylic acids is 1. The quantitative estimate of drug-likeness (QED) is 0.876.